The van der Waals surface area contributed by atoms with Gasteiger partial charge in [-0.2, -0.15) is 0 Å². The summed E-state index contributed by atoms with van der Waals surface area (Å²) in [6.07, 6.45) is 6.93. The predicted octanol–water partition coefficient (Wildman–Crippen LogP) is 9.51. The third-order valence-electron chi connectivity index (χ3n) is 6.96. The maximum Gasteiger partial charge on any atom is 0.145 e. The van der Waals surface area contributed by atoms with Crippen LogP contribution in [0.1, 0.15) is 65.8 Å². The van der Waals surface area contributed by atoms with E-state index < -0.39 is 0 Å². The number of aliphatic imine (C=N–C) groups is 1. The van der Waals surface area contributed by atoms with Gasteiger partial charge in [0.05, 0.1) is 16.7 Å². The maximum absolute atomic E-state index is 4.63. The largest absolute Gasteiger partial charge is 0.346 e. The van der Waals surface area contributed by atoms with E-state index in [-0.39, 0.29) is 6.17 Å². The number of nitrogens with one attached hydrogen (secondary N) is 2. The first-order valence-corrected chi connectivity index (χ1v) is 14.0. The van der Waals surface area contributed by atoms with Gasteiger partial charge in [-0.15, -0.1) is 0 Å². The summed E-state index contributed by atoms with van der Waals surface area (Å²) in [5.41, 5.74) is 7.39. The van der Waals surface area contributed by atoms with E-state index in [1.807, 2.05) is 46.1 Å². The van der Waals surface area contributed by atoms with E-state index in [1.54, 1.807) is 0 Å². The van der Waals surface area contributed by atoms with Gasteiger partial charge in [-0.3, -0.25) is 4.99 Å². The highest BCUT2D eigenvalue weighted by atomic mass is 15.2. The second kappa shape index (κ2) is 12.0. The molecule has 4 aromatic carbocycles. The monoisotopic (exact) mass is 504 g/mol. The van der Waals surface area contributed by atoms with Crippen molar-refractivity contribution in [2.75, 3.05) is 5.32 Å². The molecular formula is C34H40N4. The minimum Gasteiger partial charge on any atom is -0.346 e. The zero-order valence-electron chi connectivity index (χ0n) is 23.8. The van der Waals surface area contributed by atoms with E-state index in [4.69, 9.17) is 0 Å². The maximum atomic E-state index is 4.63. The number of benzene rings is 4. The number of aryl methyl sites for hydroxylation is 1. The Bertz CT molecular complexity index is 1600. The molecule has 2 heterocycles. The number of nitrogens with zero attached hydrogens (tertiary/aromatic N) is 2. The molecule has 1 aliphatic rings. The summed E-state index contributed by atoms with van der Waals surface area (Å²) in [4.78, 5) is 4.63. The third-order valence-corrected chi connectivity index (χ3v) is 6.96. The molecule has 0 aliphatic carbocycles. The number of anilines is 1. The quantitative estimate of drug-likeness (QED) is 0.234. The first-order chi connectivity index (χ1) is 18.7. The summed E-state index contributed by atoms with van der Waals surface area (Å²) in [5, 5.41) is 12.5. The first-order valence-electron chi connectivity index (χ1n) is 14.0. The molecule has 5 aromatic rings. The molecule has 0 bridgehead atoms. The number of aromatic nitrogens is 1. The summed E-state index contributed by atoms with van der Waals surface area (Å²) in [5.74, 6) is 0.960. The Kier molecular flexibility index (Phi) is 8.52. The van der Waals surface area contributed by atoms with E-state index in [1.165, 1.54) is 49.5 Å². The van der Waals surface area contributed by atoms with Crippen molar-refractivity contribution >= 4 is 50.2 Å². The molecule has 6 rings (SSSR count). The Balaban J connectivity index is 0.000000804. The van der Waals surface area contributed by atoms with Gasteiger partial charge in [-0.05, 0) is 55.0 Å². The van der Waals surface area contributed by atoms with E-state index in [0.717, 1.165) is 17.8 Å². The van der Waals surface area contributed by atoms with Gasteiger partial charge < -0.3 is 15.2 Å². The zero-order valence-corrected chi connectivity index (χ0v) is 23.8. The molecule has 4 nitrogen and oxygen atoms in total. The van der Waals surface area contributed by atoms with Gasteiger partial charge >= 0.3 is 0 Å². The zero-order chi connectivity index (χ0) is 27.2. The van der Waals surface area contributed by atoms with Gasteiger partial charge in [0.2, 0.25) is 0 Å². The summed E-state index contributed by atoms with van der Waals surface area (Å²) < 4.78 is 2.41. The normalized spacial score (nSPS) is 15.0. The van der Waals surface area contributed by atoms with Crippen molar-refractivity contribution in [2.45, 2.75) is 61.1 Å². The van der Waals surface area contributed by atoms with Gasteiger partial charge in [-0.25, -0.2) is 0 Å². The minimum atomic E-state index is -0.0970. The van der Waals surface area contributed by atoms with Crippen molar-refractivity contribution in [1.82, 2.24) is 9.88 Å². The van der Waals surface area contributed by atoms with Crippen LogP contribution in [0.4, 0.5) is 5.69 Å². The lowest BCUT2D eigenvalue weighted by atomic mass is 9.97. The number of hydrogen-bond acceptors (Lipinski definition) is 3. The summed E-state index contributed by atoms with van der Waals surface area (Å²) in [6.45, 7) is 14.5. The smallest absolute Gasteiger partial charge is 0.145 e. The molecule has 0 spiro atoms. The highest BCUT2D eigenvalue weighted by molar-refractivity contribution is 6.27. The summed E-state index contributed by atoms with van der Waals surface area (Å²) in [7, 11) is 0. The molecule has 1 aromatic heterocycles. The molecular weight excluding hydrogens is 464 g/mol. The molecule has 1 aliphatic heterocycles. The van der Waals surface area contributed by atoms with Crippen LogP contribution in [0.3, 0.4) is 0 Å². The third kappa shape index (κ3) is 4.67. The van der Waals surface area contributed by atoms with Gasteiger partial charge in [0, 0.05) is 28.1 Å². The van der Waals surface area contributed by atoms with Crippen molar-refractivity contribution in [3.05, 3.63) is 95.8 Å². The van der Waals surface area contributed by atoms with E-state index in [9.17, 15) is 0 Å². The number of hydrogen-bond donors (Lipinski definition) is 2. The van der Waals surface area contributed by atoms with E-state index in [2.05, 4.69) is 108 Å². The van der Waals surface area contributed by atoms with Gasteiger partial charge in [0.1, 0.15) is 12.0 Å². The van der Waals surface area contributed by atoms with Crippen LogP contribution < -0.4 is 10.6 Å². The molecule has 0 amide bonds. The van der Waals surface area contributed by atoms with Crippen molar-refractivity contribution in [3.8, 4) is 0 Å². The molecule has 196 valence electrons. The van der Waals surface area contributed by atoms with Crippen molar-refractivity contribution in [2.24, 2.45) is 4.99 Å². The molecule has 2 N–H and O–H groups in total. The molecule has 38 heavy (non-hydrogen) atoms. The topological polar surface area (TPSA) is 41.4 Å². The molecule has 1 unspecified atom stereocenters. The van der Waals surface area contributed by atoms with Crippen LogP contribution in [0, 0.1) is 0 Å². The van der Waals surface area contributed by atoms with Crippen LogP contribution >= 0.6 is 0 Å². The van der Waals surface area contributed by atoms with Crippen LogP contribution in [0.2, 0.25) is 0 Å². The fourth-order valence-electron chi connectivity index (χ4n) is 5.20. The minimum absolute atomic E-state index is 0.0970. The van der Waals surface area contributed by atoms with Gasteiger partial charge in [0.15, 0.2) is 0 Å². The fourth-order valence-corrected chi connectivity index (χ4v) is 5.20. The molecule has 0 saturated carbocycles. The Labute approximate surface area is 227 Å². The second-order valence-corrected chi connectivity index (χ2v) is 8.87. The SMILES string of the molecule is C/C=C(\C)n1c2cccc3ccc4c(NC5=CC=NC(c6ccccc6)N5)c(CC)cc1c4c32.CC.CC. The highest BCUT2D eigenvalue weighted by Gasteiger charge is 2.21. The standard InChI is InChI=1S/C30H28N4.2C2H6/c1-4-19(3)34-24-13-9-12-21-14-15-23-28(27(21)24)25(34)18-20(5-2)29(23)32-26-16-17-31-30(33-26)22-10-7-6-8-11-22;2*1-2/h4,6-18,30,32-33H,5H2,1-3H3;2*1-2H3/b19-4+;;. The predicted molar refractivity (Wildman–Crippen MR) is 168 cm³/mol. The van der Waals surface area contributed by atoms with Crippen molar-refractivity contribution in [1.29, 1.82) is 0 Å². The molecule has 0 saturated heterocycles. The lowest BCUT2D eigenvalue weighted by Gasteiger charge is -2.24. The number of rotatable bonds is 5. The molecule has 0 radical (unpaired) electrons. The van der Waals surface area contributed by atoms with Gasteiger partial charge in [0.25, 0.3) is 0 Å². The fraction of sp³-hybridized carbons (Fsp3) is 0.265. The molecule has 4 heteroatoms. The Hall–Kier alpha value is -4.05. The average molecular weight is 505 g/mol. The van der Waals surface area contributed by atoms with Crippen LogP contribution in [0.25, 0.3) is 38.3 Å². The van der Waals surface area contributed by atoms with Crippen LogP contribution in [-0.2, 0) is 6.42 Å². The first kappa shape index (κ1) is 27.0. The highest BCUT2D eigenvalue weighted by Crippen LogP contribution is 2.43. The second-order valence-electron chi connectivity index (χ2n) is 8.87. The molecule has 0 fully saturated rings. The Morgan fingerprint density at radius 1 is 0.947 bits per heavy atom. The number of allylic oxidation sites excluding steroid dienone is 3. The van der Waals surface area contributed by atoms with E-state index in [0.29, 0.717) is 0 Å². The summed E-state index contributed by atoms with van der Waals surface area (Å²) in [6, 6.07) is 23.8. The van der Waals surface area contributed by atoms with E-state index >= 15 is 0 Å². The van der Waals surface area contributed by atoms with Gasteiger partial charge in [-0.1, -0.05) is 95.3 Å². The molecule has 1 atom stereocenters. The average Bonchev–Trinajstić information content (AvgIpc) is 3.33. The summed E-state index contributed by atoms with van der Waals surface area (Å²) >= 11 is 0. The van der Waals surface area contributed by atoms with Crippen LogP contribution in [-0.4, -0.2) is 10.8 Å². The van der Waals surface area contributed by atoms with Crippen molar-refractivity contribution in [3.63, 3.8) is 0 Å². The lowest BCUT2D eigenvalue weighted by Crippen LogP contribution is -2.27. The van der Waals surface area contributed by atoms with Crippen LogP contribution in [0.5, 0.6) is 0 Å². The lowest BCUT2D eigenvalue weighted by molar-refractivity contribution is 0.625. The van der Waals surface area contributed by atoms with Crippen LogP contribution in [0.15, 0.2) is 89.7 Å². The Morgan fingerprint density at radius 3 is 2.42 bits per heavy atom. The Morgan fingerprint density at radius 2 is 1.71 bits per heavy atom. The van der Waals surface area contributed by atoms with Crippen molar-refractivity contribution < 1.29 is 0 Å².